The largest absolute Gasteiger partial charge is 0.480 e. The predicted molar refractivity (Wildman–Crippen MR) is 53.1 cm³/mol. The fraction of sp³-hybridized carbons (Fsp3) is 0.889. The van der Waals surface area contributed by atoms with Crippen molar-refractivity contribution in [3.8, 4) is 0 Å². The van der Waals surface area contributed by atoms with Crippen molar-refractivity contribution in [1.29, 1.82) is 0 Å². The summed E-state index contributed by atoms with van der Waals surface area (Å²) in [5.41, 5.74) is 0. The normalized spacial score (nSPS) is 14.0. The summed E-state index contributed by atoms with van der Waals surface area (Å²) in [5.74, 6) is -0.815. The summed E-state index contributed by atoms with van der Waals surface area (Å²) in [7, 11) is 5.05. The summed E-state index contributed by atoms with van der Waals surface area (Å²) in [6.45, 7) is 0.649. The number of carboxylic acid groups (broad SMARTS) is 1. The second-order valence-corrected chi connectivity index (χ2v) is 4.02. The maximum atomic E-state index is 10.6. The zero-order valence-corrected chi connectivity index (χ0v) is 9.16. The van der Waals surface area contributed by atoms with Crippen molar-refractivity contribution in [1.82, 2.24) is 5.32 Å². The molecule has 0 unspecified atom stereocenters. The Morgan fingerprint density at radius 3 is 2.36 bits per heavy atom. The number of hydroxylamine groups is 3. The number of hydrogen-bond donors (Lipinski definition) is 3. The lowest BCUT2D eigenvalue weighted by atomic mass is 10.1. The van der Waals surface area contributed by atoms with E-state index in [0.717, 1.165) is 12.8 Å². The van der Waals surface area contributed by atoms with Gasteiger partial charge in [0.2, 0.25) is 0 Å². The minimum absolute atomic E-state index is 0.0582. The number of aliphatic carboxylic acids is 1. The van der Waals surface area contributed by atoms with E-state index >= 15 is 0 Å². The minimum atomic E-state index is -0.815. The lowest BCUT2D eigenvalue weighted by Crippen LogP contribution is -2.37. The van der Waals surface area contributed by atoms with Crippen LogP contribution in [0.15, 0.2) is 0 Å². The van der Waals surface area contributed by atoms with E-state index in [2.05, 4.69) is 5.32 Å². The highest BCUT2D eigenvalue weighted by Crippen LogP contribution is 2.03. The molecule has 0 heterocycles. The number of unbranched alkanes of at least 4 members (excludes halogenated alkanes) is 1. The average molecular weight is 205 g/mol. The third-order valence-corrected chi connectivity index (χ3v) is 2.09. The summed E-state index contributed by atoms with van der Waals surface area (Å²) >= 11 is 0. The van der Waals surface area contributed by atoms with Crippen molar-refractivity contribution < 1.29 is 19.8 Å². The standard InChI is InChI=1S/C9H20N2O3/c1-10-8(9(12)13)6-4-5-7-11(2,3)14/h8,10,14H,4-7H2,1-3H3/p+1/t8-/m0/s1. The smallest absolute Gasteiger partial charge is 0.320 e. The first-order valence-electron chi connectivity index (χ1n) is 4.82. The average Bonchev–Trinajstić information content (AvgIpc) is 2.01. The van der Waals surface area contributed by atoms with Gasteiger partial charge in [-0.25, -0.2) is 5.21 Å². The molecule has 0 rings (SSSR count). The van der Waals surface area contributed by atoms with E-state index in [0.29, 0.717) is 13.0 Å². The lowest BCUT2D eigenvalue weighted by Gasteiger charge is -2.19. The summed E-state index contributed by atoms with van der Waals surface area (Å²) < 4.78 is -0.0582. The maximum absolute atomic E-state index is 10.6. The molecule has 0 bridgehead atoms. The van der Waals surface area contributed by atoms with Crippen LogP contribution in [-0.4, -0.2) is 54.7 Å². The molecule has 0 aliphatic carbocycles. The Morgan fingerprint density at radius 2 is 2.00 bits per heavy atom. The maximum Gasteiger partial charge on any atom is 0.320 e. The Kier molecular flexibility index (Phi) is 5.68. The molecule has 0 saturated heterocycles. The number of carbonyl (C=O) groups is 1. The summed E-state index contributed by atoms with van der Waals surface area (Å²) in [4.78, 5) is 10.6. The number of nitrogens with zero attached hydrogens (tertiary/aromatic N) is 1. The van der Waals surface area contributed by atoms with Crippen LogP contribution in [-0.2, 0) is 4.79 Å². The van der Waals surface area contributed by atoms with Crippen LogP contribution in [0, 0.1) is 0 Å². The molecular formula is C9H21N2O3+. The van der Waals surface area contributed by atoms with Gasteiger partial charge < -0.3 is 10.4 Å². The molecule has 0 aromatic heterocycles. The highest BCUT2D eigenvalue weighted by Gasteiger charge is 2.15. The van der Waals surface area contributed by atoms with Crippen LogP contribution in [0.3, 0.4) is 0 Å². The van der Waals surface area contributed by atoms with E-state index in [9.17, 15) is 10.0 Å². The zero-order chi connectivity index (χ0) is 11.2. The monoisotopic (exact) mass is 205 g/mol. The Hall–Kier alpha value is -0.650. The van der Waals surface area contributed by atoms with Gasteiger partial charge in [-0.1, -0.05) is 0 Å². The van der Waals surface area contributed by atoms with Gasteiger partial charge in [-0.3, -0.25) is 4.79 Å². The molecule has 0 aliphatic heterocycles. The molecule has 5 heteroatoms. The molecule has 14 heavy (non-hydrogen) atoms. The van der Waals surface area contributed by atoms with Crippen molar-refractivity contribution in [3.05, 3.63) is 0 Å². The number of quaternary nitrogens is 1. The molecule has 0 radical (unpaired) electrons. The Morgan fingerprint density at radius 1 is 1.43 bits per heavy atom. The molecule has 0 spiro atoms. The van der Waals surface area contributed by atoms with Gasteiger partial charge >= 0.3 is 5.97 Å². The minimum Gasteiger partial charge on any atom is -0.480 e. The van der Waals surface area contributed by atoms with Crippen molar-refractivity contribution in [2.24, 2.45) is 0 Å². The molecule has 3 N–H and O–H groups in total. The molecule has 1 atom stereocenters. The van der Waals surface area contributed by atoms with Crippen LogP contribution in [0.1, 0.15) is 19.3 Å². The lowest BCUT2D eigenvalue weighted by molar-refractivity contribution is -1.07. The zero-order valence-electron chi connectivity index (χ0n) is 9.16. The first kappa shape index (κ1) is 13.4. The van der Waals surface area contributed by atoms with Crippen molar-refractivity contribution in [2.75, 3.05) is 27.7 Å². The van der Waals surface area contributed by atoms with Crippen LogP contribution in [0.25, 0.3) is 0 Å². The molecule has 0 aliphatic rings. The van der Waals surface area contributed by atoms with Crippen molar-refractivity contribution in [3.63, 3.8) is 0 Å². The highest BCUT2D eigenvalue weighted by atomic mass is 16.5. The van der Waals surface area contributed by atoms with Gasteiger partial charge in [0.25, 0.3) is 0 Å². The second-order valence-electron chi connectivity index (χ2n) is 4.02. The first-order valence-corrected chi connectivity index (χ1v) is 4.82. The number of rotatable bonds is 7. The summed E-state index contributed by atoms with van der Waals surface area (Å²) in [6.07, 6.45) is 2.24. The quantitative estimate of drug-likeness (QED) is 0.317. The third-order valence-electron chi connectivity index (χ3n) is 2.09. The van der Waals surface area contributed by atoms with Crippen molar-refractivity contribution in [2.45, 2.75) is 25.3 Å². The Bertz CT molecular complexity index is 177. The molecule has 0 aromatic carbocycles. The van der Waals surface area contributed by atoms with E-state index in [-0.39, 0.29) is 4.65 Å². The molecule has 5 nitrogen and oxygen atoms in total. The van der Waals surface area contributed by atoms with Crippen LogP contribution in [0.5, 0.6) is 0 Å². The first-order chi connectivity index (χ1) is 6.37. The van der Waals surface area contributed by atoms with Gasteiger partial charge in [-0.15, -0.1) is 0 Å². The highest BCUT2D eigenvalue weighted by molar-refractivity contribution is 5.73. The molecule has 0 saturated carbocycles. The molecule has 0 amide bonds. The third kappa shape index (κ3) is 6.82. The van der Waals surface area contributed by atoms with Gasteiger partial charge in [-0.05, 0) is 26.3 Å². The van der Waals surface area contributed by atoms with Crippen molar-refractivity contribution >= 4 is 5.97 Å². The van der Waals surface area contributed by atoms with E-state index < -0.39 is 12.0 Å². The molecule has 84 valence electrons. The topological polar surface area (TPSA) is 69.6 Å². The number of likely N-dealkylation sites (N-methyl/N-ethyl adjacent to an activating group) is 1. The predicted octanol–water partition coefficient (Wildman–Crippen LogP) is 0.295. The fourth-order valence-electron chi connectivity index (χ4n) is 1.24. The Balaban J connectivity index is 3.58. The number of carboxylic acids is 1. The van der Waals surface area contributed by atoms with Crippen LogP contribution >= 0.6 is 0 Å². The molecular weight excluding hydrogens is 184 g/mol. The second kappa shape index (κ2) is 5.95. The van der Waals surface area contributed by atoms with Gasteiger partial charge in [0, 0.05) is 0 Å². The number of nitrogens with one attached hydrogen (secondary N) is 1. The van der Waals surface area contributed by atoms with E-state index in [4.69, 9.17) is 5.11 Å². The van der Waals surface area contributed by atoms with E-state index in [1.165, 1.54) is 0 Å². The fourth-order valence-corrected chi connectivity index (χ4v) is 1.24. The number of hydrogen-bond acceptors (Lipinski definition) is 3. The van der Waals surface area contributed by atoms with E-state index in [1.807, 2.05) is 0 Å². The van der Waals surface area contributed by atoms with Crippen LogP contribution < -0.4 is 5.32 Å². The van der Waals surface area contributed by atoms with Gasteiger partial charge in [0.05, 0.1) is 14.1 Å². The molecule has 0 fully saturated rings. The van der Waals surface area contributed by atoms with E-state index in [1.54, 1.807) is 21.1 Å². The Labute approximate surface area is 84.9 Å². The SMILES string of the molecule is CN[C@@H](CCCC[N+](C)(C)O)C(=O)O. The van der Waals surface area contributed by atoms with Gasteiger partial charge in [0.1, 0.15) is 12.6 Å². The van der Waals surface area contributed by atoms with Gasteiger partial charge in [-0.2, -0.15) is 4.65 Å². The summed E-state index contributed by atoms with van der Waals surface area (Å²) in [6, 6.07) is -0.468. The van der Waals surface area contributed by atoms with Crippen LogP contribution in [0.2, 0.25) is 0 Å². The van der Waals surface area contributed by atoms with Crippen LogP contribution in [0.4, 0.5) is 0 Å². The summed E-state index contributed by atoms with van der Waals surface area (Å²) in [5, 5.41) is 20.8. The van der Waals surface area contributed by atoms with Gasteiger partial charge in [0.15, 0.2) is 0 Å². The molecule has 0 aromatic rings.